The molecule has 0 saturated heterocycles. The standard InChI is InChI=1S/C24H27N7O5/c1-14-19(15(2)36-30-14)21-28-22(25-3)20-23(29-21)31(12-27-20)8-4-5-9-33-24(32)26-11-16-6-7-17-18(10-16)35-13-34-17/h6-7,10,12H,4-5,8-9,11,13H2,1-3H3,(H,26,32)(H,25,28,29). The Balaban J connectivity index is 1.14. The maximum absolute atomic E-state index is 12.1. The molecule has 12 heteroatoms. The summed E-state index contributed by atoms with van der Waals surface area (Å²) in [7, 11) is 1.80. The number of unbranched alkanes of at least 4 members (excludes halogenated alkanes) is 1. The maximum atomic E-state index is 12.1. The van der Waals surface area contributed by atoms with Gasteiger partial charge in [-0.05, 0) is 44.4 Å². The monoisotopic (exact) mass is 493 g/mol. The molecule has 0 saturated carbocycles. The van der Waals surface area contributed by atoms with Crippen molar-refractivity contribution in [1.82, 2.24) is 30.0 Å². The van der Waals surface area contributed by atoms with Crippen LogP contribution in [0.4, 0.5) is 10.6 Å². The quantitative estimate of drug-likeness (QED) is 0.333. The van der Waals surface area contributed by atoms with Gasteiger partial charge < -0.3 is 33.9 Å². The molecule has 12 nitrogen and oxygen atoms in total. The molecule has 36 heavy (non-hydrogen) atoms. The van der Waals surface area contributed by atoms with Gasteiger partial charge in [0.15, 0.2) is 28.8 Å². The number of hydrogen-bond donors (Lipinski definition) is 2. The molecule has 4 heterocycles. The Morgan fingerprint density at radius 2 is 2.03 bits per heavy atom. The third-order valence-corrected chi connectivity index (χ3v) is 5.86. The first-order valence-electron chi connectivity index (χ1n) is 11.7. The van der Waals surface area contributed by atoms with Gasteiger partial charge in [-0.15, -0.1) is 0 Å². The minimum Gasteiger partial charge on any atom is -0.454 e. The van der Waals surface area contributed by atoms with E-state index in [1.807, 2.05) is 36.6 Å². The van der Waals surface area contributed by atoms with Crippen LogP contribution in [0, 0.1) is 13.8 Å². The lowest BCUT2D eigenvalue weighted by atomic mass is 10.2. The number of imidazole rings is 1. The molecule has 3 aromatic heterocycles. The molecule has 1 aliphatic heterocycles. The normalized spacial score (nSPS) is 12.2. The number of nitrogens with zero attached hydrogens (tertiary/aromatic N) is 5. The number of hydrogen-bond acceptors (Lipinski definition) is 10. The predicted octanol–water partition coefficient (Wildman–Crippen LogP) is 3.58. The molecule has 0 fully saturated rings. The van der Waals surface area contributed by atoms with E-state index < -0.39 is 6.09 Å². The Morgan fingerprint density at radius 1 is 1.17 bits per heavy atom. The molecule has 0 aliphatic carbocycles. The molecule has 2 N–H and O–H groups in total. The highest BCUT2D eigenvalue weighted by molar-refractivity contribution is 5.85. The number of aromatic nitrogens is 5. The van der Waals surface area contributed by atoms with E-state index in [0.29, 0.717) is 66.2 Å². The highest BCUT2D eigenvalue weighted by atomic mass is 16.7. The van der Waals surface area contributed by atoms with Gasteiger partial charge in [-0.3, -0.25) is 0 Å². The molecular formula is C24H27N7O5. The Bertz CT molecular complexity index is 1380. The third kappa shape index (κ3) is 4.74. The van der Waals surface area contributed by atoms with Crippen LogP contribution in [0.2, 0.25) is 0 Å². The molecule has 0 radical (unpaired) electrons. The minimum absolute atomic E-state index is 0.217. The minimum atomic E-state index is -0.462. The number of anilines is 1. The summed E-state index contributed by atoms with van der Waals surface area (Å²) in [5.74, 6) is 3.22. The van der Waals surface area contributed by atoms with E-state index in [-0.39, 0.29) is 6.79 Å². The average molecular weight is 494 g/mol. The van der Waals surface area contributed by atoms with E-state index in [4.69, 9.17) is 23.7 Å². The average Bonchev–Trinajstić information content (AvgIpc) is 3.60. The fourth-order valence-electron chi connectivity index (χ4n) is 4.02. The molecule has 0 spiro atoms. The zero-order valence-electron chi connectivity index (χ0n) is 20.3. The van der Waals surface area contributed by atoms with Crippen LogP contribution >= 0.6 is 0 Å². The summed E-state index contributed by atoms with van der Waals surface area (Å²) in [5, 5.41) is 9.86. The largest absolute Gasteiger partial charge is 0.454 e. The van der Waals surface area contributed by atoms with Crippen LogP contribution in [0.15, 0.2) is 29.0 Å². The molecular weight excluding hydrogens is 466 g/mol. The molecule has 188 valence electrons. The van der Waals surface area contributed by atoms with Crippen molar-refractivity contribution >= 4 is 23.1 Å². The summed E-state index contributed by atoms with van der Waals surface area (Å²) in [6.45, 7) is 5.23. The van der Waals surface area contributed by atoms with Gasteiger partial charge in [0, 0.05) is 20.1 Å². The molecule has 0 atom stereocenters. The van der Waals surface area contributed by atoms with Crippen LogP contribution in [-0.4, -0.2) is 51.2 Å². The van der Waals surface area contributed by atoms with Gasteiger partial charge in [0.2, 0.25) is 6.79 Å². The number of nitrogens with one attached hydrogen (secondary N) is 2. The summed E-state index contributed by atoms with van der Waals surface area (Å²) in [5.41, 5.74) is 3.82. The number of fused-ring (bicyclic) bond motifs is 2. The van der Waals surface area contributed by atoms with Crippen LogP contribution in [0.3, 0.4) is 0 Å². The van der Waals surface area contributed by atoms with Crippen LogP contribution in [-0.2, 0) is 17.8 Å². The fourth-order valence-corrected chi connectivity index (χ4v) is 4.02. The number of carbonyl (C=O) groups is 1. The van der Waals surface area contributed by atoms with Gasteiger partial charge in [0.1, 0.15) is 11.3 Å². The van der Waals surface area contributed by atoms with Crippen molar-refractivity contribution in [2.24, 2.45) is 0 Å². The Hall–Kier alpha value is -4.35. The first kappa shape index (κ1) is 23.4. The van der Waals surface area contributed by atoms with Crippen LogP contribution in [0.25, 0.3) is 22.6 Å². The zero-order chi connectivity index (χ0) is 25.1. The van der Waals surface area contributed by atoms with Crippen molar-refractivity contribution in [3.8, 4) is 22.9 Å². The van der Waals surface area contributed by atoms with Crippen LogP contribution in [0.1, 0.15) is 29.9 Å². The van der Waals surface area contributed by atoms with E-state index >= 15 is 0 Å². The number of rotatable bonds is 9. The van der Waals surface area contributed by atoms with Crippen LogP contribution < -0.4 is 20.1 Å². The highest BCUT2D eigenvalue weighted by Gasteiger charge is 2.19. The molecule has 1 amide bonds. The van der Waals surface area contributed by atoms with Gasteiger partial charge in [0.25, 0.3) is 0 Å². The molecule has 5 rings (SSSR count). The number of ether oxygens (including phenoxy) is 3. The van der Waals surface area contributed by atoms with Crippen molar-refractivity contribution < 1.29 is 23.5 Å². The second kappa shape index (κ2) is 10.1. The van der Waals surface area contributed by atoms with Crippen molar-refractivity contribution in [2.75, 3.05) is 25.8 Å². The van der Waals surface area contributed by atoms with E-state index in [1.54, 1.807) is 13.4 Å². The molecule has 0 bridgehead atoms. The van der Waals surface area contributed by atoms with Gasteiger partial charge in [-0.2, -0.15) is 0 Å². The number of alkyl carbamates (subject to hydrolysis) is 1. The number of carbonyl (C=O) groups excluding carboxylic acids is 1. The summed E-state index contributed by atoms with van der Waals surface area (Å²) in [6.07, 6.45) is 2.75. The zero-order valence-corrected chi connectivity index (χ0v) is 20.3. The second-order valence-electron chi connectivity index (χ2n) is 8.34. The SMILES string of the molecule is CNc1nc(-c2c(C)noc2C)nc2c1ncn2CCCCOC(=O)NCc1ccc2c(c1)OCO2. The molecule has 4 aromatic rings. The van der Waals surface area contributed by atoms with Crippen molar-refractivity contribution in [3.63, 3.8) is 0 Å². The third-order valence-electron chi connectivity index (χ3n) is 5.86. The first-order chi connectivity index (χ1) is 17.5. The lowest BCUT2D eigenvalue weighted by Gasteiger charge is -2.09. The van der Waals surface area contributed by atoms with E-state index in [1.165, 1.54) is 0 Å². The lowest BCUT2D eigenvalue weighted by molar-refractivity contribution is 0.143. The van der Waals surface area contributed by atoms with E-state index in [2.05, 4.69) is 25.8 Å². The molecule has 0 unspecified atom stereocenters. The van der Waals surface area contributed by atoms with Gasteiger partial charge in [-0.25, -0.2) is 19.7 Å². The van der Waals surface area contributed by atoms with Gasteiger partial charge in [0.05, 0.1) is 24.2 Å². The number of aryl methyl sites for hydroxylation is 3. The first-order valence-corrected chi connectivity index (χ1v) is 11.7. The number of amides is 1. The smallest absolute Gasteiger partial charge is 0.407 e. The summed E-state index contributed by atoms with van der Waals surface area (Å²) in [6, 6.07) is 5.55. The van der Waals surface area contributed by atoms with Gasteiger partial charge >= 0.3 is 6.09 Å². The predicted molar refractivity (Wildman–Crippen MR) is 130 cm³/mol. The summed E-state index contributed by atoms with van der Waals surface area (Å²) in [4.78, 5) is 25.9. The van der Waals surface area contributed by atoms with E-state index in [0.717, 1.165) is 23.2 Å². The Kier molecular flexibility index (Phi) is 6.56. The molecule has 1 aliphatic rings. The van der Waals surface area contributed by atoms with Crippen molar-refractivity contribution in [2.45, 2.75) is 39.8 Å². The van der Waals surface area contributed by atoms with Crippen LogP contribution in [0.5, 0.6) is 11.5 Å². The topological polar surface area (TPSA) is 138 Å². The maximum Gasteiger partial charge on any atom is 0.407 e. The fraction of sp³-hybridized carbons (Fsp3) is 0.375. The Labute approximate surface area is 207 Å². The molecule has 1 aromatic carbocycles. The summed E-state index contributed by atoms with van der Waals surface area (Å²) >= 11 is 0. The lowest BCUT2D eigenvalue weighted by Crippen LogP contribution is -2.24. The van der Waals surface area contributed by atoms with Crippen molar-refractivity contribution in [3.05, 3.63) is 41.5 Å². The summed E-state index contributed by atoms with van der Waals surface area (Å²) < 4.78 is 23.2. The van der Waals surface area contributed by atoms with Gasteiger partial charge in [-0.1, -0.05) is 11.2 Å². The number of benzene rings is 1. The van der Waals surface area contributed by atoms with E-state index in [9.17, 15) is 4.79 Å². The Morgan fingerprint density at radius 3 is 2.83 bits per heavy atom. The van der Waals surface area contributed by atoms with Crippen molar-refractivity contribution in [1.29, 1.82) is 0 Å². The highest BCUT2D eigenvalue weighted by Crippen LogP contribution is 2.32. The second-order valence-corrected chi connectivity index (χ2v) is 8.34.